The van der Waals surface area contributed by atoms with E-state index in [2.05, 4.69) is 10.3 Å². The van der Waals surface area contributed by atoms with Gasteiger partial charge in [-0.1, -0.05) is 66.7 Å². The molecule has 1 aromatic heterocycles. The molecule has 32 heavy (non-hydrogen) atoms. The lowest BCUT2D eigenvalue weighted by Crippen LogP contribution is -2.31. The average Bonchev–Trinajstić information content (AvgIpc) is 3.34. The fraction of sp³-hybridized carbons (Fsp3) is 0.115. The van der Waals surface area contributed by atoms with Crippen molar-refractivity contribution >= 4 is 17.5 Å². The van der Waals surface area contributed by atoms with E-state index >= 15 is 0 Å². The second-order valence-corrected chi connectivity index (χ2v) is 7.13. The molecule has 2 amide bonds. The zero-order valence-electron chi connectivity index (χ0n) is 17.7. The van der Waals surface area contributed by atoms with Crippen LogP contribution in [0.15, 0.2) is 95.7 Å². The van der Waals surface area contributed by atoms with Crippen LogP contribution in [0.2, 0.25) is 0 Å². The summed E-state index contributed by atoms with van der Waals surface area (Å²) in [6, 6.07) is 26.2. The Hall–Kier alpha value is -4.19. The number of rotatable bonds is 7. The summed E-state index contributed by atoms with van der Waals surface area (Å²) in [4.78, 5) is 32.1. The molecule has 0 radical (unpaired) electrons. The summed E-state index contributed by atoms with van der Waals surface area (Å²) >= 11 is 0. The summed E-state index contributed by atoms with van der Waals surface area (Å²) in [6.07, 6.45) is 1.23. The molecule has 3 aromatic carbocycles. The van der Waals surface area contributed by atoms with Crippen LogP contribution in [0.3, 0.4) is 0 Å². The van der Waals surface area contributed by atoms with Crippen LogP contribution in [0, 0.1) is 0 Å². The molecule has 0 fully saturated rings. The average molecular weight is 425 g/mol. The number of nitrogens with one attached hydrogen (secondary N) is 1. The second kappa shape index (κ2) is 9.75. The van der Waals surface area contributed by atoms with Gasteiger partial charge >= 0.3 is 0 Å². The predicted octanol–water partition coefficient (Wildman–Crippen LogP) is 4.94. The zero-order valence-corrected chi connectivity index (χ0v) is 17.7. The molecule has 0 unspecified atom stereocenters. The molecule has 6 heteroatoms. The van der Waals surface area contributed by atoms with Gasteiger partial charge in [0.15, 0.2) is 17.8 Å². The first-order valence-corrected chi connectivity index (χ1v) is 10.4. The third-order valence-corrected chi connectivity index (χ3v) is 5.11. The quantitative estimate of drug-likeness (QED) is 0.455. The Kier molecular flexibility index (Phi) is 6.41. The number of anilines is 1. The van der Waals surface area contributed by atoms with Crippen LogP contribution in [-0.4, -0.2) is 23.3 Å². The Morgan fingerprint density at radius 2 is 1.56 bits per heavy atom. The molecule has 160 valence electrons. The topological polar surface area (TPSA) is 75.4 Å². The van der Waals surface area contributed by atoms with Gasteiger partial charge < -0.3 is 14.6 Å². The maximum atomic E-state index is 13.4. The van der Waals surface area contributed by atoms with Gasteiger partial charge in [0, 0.05) is 24.3 Å². The lowest BCUT2D eigenvalue weighted by molar-refractivity contribution is 0.0944. The van der Waals surface area contributed by atoms with Gasteiger partial charge in [0.25, 0.3) is 11.8 Å². The predicted molar refractivity (Wildman–Crippen MR) is 123 cm³/mol. The van der Waals surface area contributed by atoms with Crippen molar-refractivity contribution in [2.75, 3.05) is 11.4 Å². The Balaban J connectivity index is 1.63. The molecule has 0 saturated carbocycles. The van der Waals surface area contributed by atoms with Crippen molar-refractivity contribution in [2.45, 2.75) is 13.5 Å². The van der Waals surface area contributed by atoms with E-state index in [9.17, 15) is 9.59 Å². The number of amides is 2. The van der Waals surface area contributed by atoms with Gasteiger partial charge in [-0.2, -0.15) is 0 Å². The summed E-state index contributed by atoms with van der Waals surface area (Å²) in [6.45, 7) is 2.78. The maximum Gasteiger partial charge on any atom is 0.274 e. The minimum absolute atomic E-state index is 0.143. The minimum Gasteiger partial charge on any atom is -0.443 e. The maximum absolute atomic E-state index is 13.4. The fourth-order valence-corrected chi connectivity index (χ4v) is 3.53. The minimum atomic E-state index is -0.365. The monoisotopic (exact) mass is 425 g/mol. The van der Waals surface area contributed by atoms with Crippen LogP contribution in [-0.2, 0) is 6.54 Å². The summed E-state index contributed by atoms with van der Waals surface area (Å²) in [5.74, 6) is -0.278. The smallest absolute Gasteiger partial charge is 0.274 e. The van der Waals surface area contributed by atoms with E-state index in [0.717, 1.165) is 11.3 Å². The van der Waals surface area contributed by atoms with Gasteiger partial charge in [-0.3, -0.25) is 9.59 Å². The van der Waals surface area contributed by atoms with Crippen molar-refractivity contribution < 1.29 is 14.0 Å². The van der Waals surface area contributed by atoms with E-state index in [1.165, 1.54) is 6.39 Å². The Labute approximate surface area is 186 Å². The molecular weight excluding hydrogens is 402 g/mol. The molecule has 4 aromatic rings. The van der Waals surface area contributed by atoms with Crippen molar-refractivity contribution in [1.82, 2.24) is 10.3 Å². The van der Waals surface area contributed by atoms with Crippen LogP contribution in [0.5, 0.6) is 0 Å². The SMILES string of the molecule is CCN(C(=O)c1ccccc1-c1ocnc1C(=O)NCc1ccccc1)c1ccccc1. The lowest BCUT2D eigenvalue weighted by atomic mass is 10.0. The summed E-state index contributed by atoms with van der Waals surface area (Å²) in [5.41, 5.74) is 2.88. The molecular formula is C26H23N3O3. The van der Waals surface area contributed by atoms with Crippen molar-refractivity contribution in [3.8, 4) is 11.3 Å². The fourth-order valence-electron chi connectivity index (χ4n) is 3.53. The van der Waals surface area contributed by atoms with Crippen molar-refractivity contribution in [3.05, 3.63) is 108 Å². The first-order chi connectivity index (χ1) is 15.7. The standard InChI is InChI=1S/C26H23N3O3/c1-2-29(20-13-7-4-8-14-20)26(31)22-16-10-9-15-21(22)24-23(28-18-32-24)25(30)27-17-19-11-5-3-6-12-19/h3-16,18H,2,17H2,1H3,(H,27,30). The number of carbonyl (C=O) groups excluding carboxylic acids is 2. The first-order valence-electron chi connectivity index (χ1n) is 10.4. The molecule has 4 rings (SSSR count). The van der Waals surface area contributed by atoms with Crippen LogP contribution < -0.4 is 10.2 Å². The number of para-hydroxylation sites is 1. The van der Waals surface area contributed by atoms with Gasteiger partial charge in [-0.05, 0) is 30.7 Å². The zero-order chi connectivity index (χ0) is 22.3. The van der Waals surface area contributed by atoms with Crippen molar-refractivity contribution in [3.63, 3.8) is 0 Å². The highest BCUT2D eigenvalue weighted by atomic mass is 16.3. The van der Waals surface area contributed by atoms with Gasteiger partial charge in [0.1, 0.15) is 0 Å². The van der Waals surface area contributed by atoms with Crippen LogP contribution >= 0.6 is 0 Å². The highest BCUT2D eigenvalue weighted by Crippen LogP contribution is 2.29. The normalized spacial score (nSPS) is 10.5. The Morgan fingerprint density at radius 1 is 0.906 bits per heavy atom. The number of benzene rings is 3. The van der Waals surface area contributed by atoms with E-state index in [-0.39, 0.29) is 23.3 Å². The molecule has 6 nitrogen and oxygen atoms in total. The molecule has 0 bridgehead atoms. The Bertz CT molecular complexity index is 1200. The van der Waals surface area contributed by atoms with E-state index in [4.69, 9.17) is 4.42 Å². The highest BCUT2D eigenvalue weighted by molar-refractivity contribution is 6.11. The van der Waals surface area contributed by atoms with Gasteiger partial charge in [-0.25, -0.2) is 4.98 Å². The summed E-state index contributed by atoms with van der Waals surface area (Å²) < 4.78 is 5.59. The largest absolute Gasteiger partial charge is 0.443 e. The molecule has 0 aliphatic heterocycles. The molecule has 0 atom stereocenters. The lowest BCUT2D eigenvalue weighted by Gasteiger charge is -2.22. The molecule has 0 saturated heterocycles. The number of carbonyl (C=O) groups is 2. The molecule has 0 aliphatic carbocycles. The van der Waals surface area contributed by atoms with E-state index < -0.39 is 0 Å². The molecule has 1 heterocycles. The first kappa shape index (κ1) is 21.1. The van der Waals surface area contributed by atoms with Gasteiger partial charge in [0.05, 0.1) is 5.56 Å². The number of aromatic nitrogens is 1. The van der Waals surface area contributed by atoms with E-state index in [0.29, 0.717) is 24.2 Å². The number of hydrogen-bond donors (Lipinski definition) is 1. The van der Waals surface area contributed by atoms with Crippen molar-refractivity contribution in [2.24, 2.45) is 0 Å². The van der Waals surface area contributed by atoms with Crippen LogP contribution in [0.1, 0.15) is 33.3 Å². The molecule has 0 spiro atoms. The highest BCUT2D eigenvalue weighted by Gasteiger charge is 2.25. The summed E-state index contributed by atoms with van der Waals surface area (Å²) in [5, 5.41) is 2.86. The van der Waals surface area contributed by atoms with E-state index in [1.54, 1.807) is 29.2 Å². The Morgan fingerprint density at radius 3 is 2.28 bits per heavy atom. The van der Waals surface area contributed by atoms with Crippen LogP contribution in [0.4, 0.5) is 5.69 Å². The van der Waals surface area contributed by atoms with Gasteiger partial charge in [0.2, 0.25) is 0 Å². The van der Waals surface area contributed by atoms with Crippen LogP contribution in [0.25, 0.3) is 11.3 Å². The number of oxazole rings is 1. The van der Waals surface area contributed by atoms with Crippen molar-refractivity contribution in [1.29, 1.82) is 0 Å². The number of nitrogens with zero attached hydrogens (tertiary/aromatic N) is 2. The molecule has 1 N–H and O–H groups in total. The third-order valence-electron chi connectivity index (χ3n) is 5.11. The summed E-state index contributed by atoms with van der Waals surface area (Å²) in [7, 11) is 0. The number of hydrogen-bond acceptors (Lipinski definition) is 4. The second-order valence-electron chi connectivity index (χ2n) is 7.13. The van der Waals surface area contributed by atoms with Gasteiger partial charge in [-0.15, -0.1) is 0 Å². The van der Waals surface area contributed by atoms with E-state index in [1.807, 2.05) is 67.6 Å². The molecule has 0 aliphatic rings. The third kappa shape index (κ3) is 4.44.